The Morgan fingerprint density at radius 1 is 1.50 bits per heavy atom. The van der Waals surface area contributed by atoms with Gasteiger partial charge in [0.25, 0.3) is 0 Å². The normalized spacial score (nSPS) is 17.9. The minimum atomic E-state index is 0.293. The van der Waals surface area contributed by atoms with Gasteiger partial charge < -0.3 is 10.5 Å². The van der Waals surface area contributed by atoms with Crippen LogP contribution in [0.4, 0.5) is 0 Å². The highest BCUT2D eigenvalue weighted by molar-refractivity contribution is 5.29. The fraction of sp³-hybridized carbons (Fsp3) is 0.545. The first-order valence-corrected chi connectivity index (χ1v) is 5.01. The van der Waals surface area contributed by atoms with Gasteiger partial charge in [-0.1, -0.05) is 0 Å². The Hall–Kier alpha value is -1.09. The van der Waals surface area contributed by atoms with Gasteiger partial charge in [0, 0.05) is 11.1 Å². The maximum atomic E-state index is 5.60. The highest BCUT2D eigenvalue weighted by Gasteiger charge is 2.44. The molecule has 1 aromatic heterocycles. The molecule has 2 N–H and O–H groups in total. The van der Waals surface area contributed by atoms with Gasteiger partial charge in [0.1, 0.15) is 5.75 Å². The first-order valence-electron chi connectivity index (χ1n) is 5.01. The van der Waals surface area contributed by atoms with Crippen LogP contribution in [0.25, 0.3) is 0 Å². The van der Waals surface area contributed by atoms with Gasteiger partial charge in [0.05, 0.1) is 13.3 Å². The van der Waals surface area contributed by atoms with Gasteiger partial charge in [-0.2, -0.15) is 0 Å². The number of hydrogen-bond donors (Lipinski definition) is 1. The number of pyridine rings is 1. The van der Waals surface area contributed by atoms with Crippen molar-refractivity contribution < 1.29 is 4.74 Å². The van der Waals surface area contributed by atoms with Crippen LogP contribution in [0.15, 0.2) is 18.3 Å². The number of nitrogens with zero attached hydrogens (tertiary/aromatic N) is 1. The first-order chi connectivity index (χ1) is 6.80. The van der Waals surface area contributed by atoms with Crippen LogP contribution in [0.5, 0.6) is 5.75 Å². The molecule has 3 nitrogen and oxygen atoms in total. The average molecular weight is 192 g/mol. The zero-order valence-electron chi connectivity index (χ0n) is 8.49. The number of ether oxygens (including phenoxy) is 1. The molecule has 0 atom stereocenters. The van der Waals surface area contributed by atoms with E-state index in [9.17, 15) is 0 Å². The lowest BCUT2D eigenvalue weighted by Crippen LogP contribution is -2.14. The smallest absolute Gasteiger partial charge is 0.137 e. The molecule has 1 aromatic rings. The number of hydrogen-bond acceptors (Lipinski definition) is 3. The van der Waals surface area contributed by atoms with Crippen molar-refractivity contribution in [1.82, 2.24) is 4.98 Å². The van der Waals surface area contributed by atoms with Crippen LogP contribution >= 0.6 is 0 Å². The molecule has 0 unspecified atom stereocenters. The van der Waals surface area contributed by atoms with Crippen molar-refractivity contribution in [3.05, 3.63) is 24.0 Å². The number of aromatic nitrogens is 1. The summed E-state index contributed by atoms with van der Waals surface area (Å²) in [4.78, 5) is 4.42. The topological polar surface area (TPSA) is 48.1 Å². The minimum Gasteiger partial charge on any atom is -0.495 e. The molecule has 1 aliphatic carbocycles. The predicted molar refractivity (Wildman–Crippen MR) is 55.4 cm³/mol. The second-order valence-electron chi connectivity index (χ2n) is 3.90. The third-order valence-electron chi connectivity index (χ3n) is 2.99. The Morgan fingerprint density at radius 2 is 2.29 bits per heavy atom. The molecule has 76 valence electrons. The zero-order chi connectivity index (χ0) is 10.0. The second-order valence-corrected chi connectivity index (χ2v) is 3.90. The molecule has 1 heterocycles. The maximum Gasteiger partial charge on any atom is 0.137 e. The Morgan fingerprint density at radius 3 is 2.71 bits per heavy atom. The van der Waals surface area contributed by atoms with Crippen LogP contribution in [0.2, 0.25) is 0 Å². The van der Waals surface area contributed by atoms with Crippen LogP contribution < -0.4 is 10.5 Å². The molecule has 1 fully saturated rings. The summed E-state index contributed by atoms with van der Waals surface area (Å²) in [5.74, 6) is 0.817. The van der Waals surface area contributed by atoms with Crippen LogP contribution in [0.3, 0.4) is 0 Å². The Bertz CT molecular complexity index is 304. The molecular weight excluding hydrogens is 176 g/mol. The fourth-order valence-corrected chi connectivity index (χ4v) is 1.88. The van der Waals surface area contributed by atoms with Crippen molar-refractivity contribution in [2.75, 3.05) is 13.7 Å². The first kappa shape index (κ1) is 9.46. The van der Waals surface area contributed by atoms with E-state index in [4.69, 9.17) is 10.5 Å². The van der Waals surface area contributed by atoms with Gasteiger partial charge >= 0.3 is 0 Å². The van der Waals surface area contributed by atoms with Crippen molar-refractivity contribution in [1.29, 1.82) is 0 Å². The van der Waals surface area contributed by atoms with Gasteiger partial charge in [-0.05, 0) is 37.9 Å². The molecule has 1 saturated carbocycles. The lowest BCUT2D eigenvalue weighted by molar-refractivity contribution is 0.412. The van der Waals surface area contributed by atoms with Crippen LogP contribution in [-0.2, 0) is 5.41 Å². The molecule has 1 aliphatic rings. The Balaban J connectivity index is 2.16. The summed E-state index contributed by atoms with van der Waals surface area (Å²) < 4.78 is 5.08. The number of rotatable bonds is 4. The fourth-order valence-electron chi connectivity index (χ4n) is 1.88. The molecule has 3 heteroatoms. The molecular formula is C11H16N2O. The summed E-state index contributed by atoms with van der Waals surface area (Å²) in [5.41, 5.74) is 7.06. The van der Waals surface area contributed by atoms with E-state index in [1.165, 1.54) is 18.5 Å². The van der Waals surface area contributed by atoms with E-state index in [0.717, 1.165) is 18.7 Å². The number of methoxy groups -OCH3 is 1. The van der Waals surface area contributed by atoms with E-state index < -0.39 is 0 Å². The van der Waals surface area contributed by atoms with E-state index in [1.54, 1.807) is 13.3 Å². The Labute approximate surface area is 84.3 Å². The van der Waals surface area contributed by atoms with Gasteiger partial charge in [-0.25, -0.2) is 0 Å². The third-order valence-corrected chi connectivity index (χ3v) is 2.99. The standard InChI is InChI=1S/C11H16N2O/c1-14-9-2-3-10(13-8-9)11(4-5-11)6-7-12/h2-3,8H,4-7,12H2,1H3. The summed E-state index contributed by atoms with van der Waals surface area (Å²) in [7, 11) is 1.66. The Kier molecular flexibility index (Phi) is 2.42. The molecule has 0 radical (unpaired) electrons. The summed E-state index contributed by atoms with van der Waals surface area (Å²) >= 11 is 0. The SMILES string of the molecule is COc1ccc(C2(CCN)CC2)nc1. The summed E-state index contributed by atoms with van der Waals surface area (Å²) in [6, 6.07) is 4.03. The highest BCUT2D eigenvalue weighted by atomic mass is 16.5. The van der Waals surface area contributed by atoms with Crippen molar-refractivity contribution in [2.45, 2.75) is 24.7 Å². The quantitative estimate of drug-likeness (QED) is 0.785. The minimum absolute atomic E-state index is 0.293. The molecule has 2 rings (SSSR count). The van der Waals surface area contributed by atoms with Crippen molar-refractivity contribution in [2.24, 2.45) is 5.73 Å². The summed E-state index contributed by atoms with van der Waals surface area (Å²) in [5, 5.41) is 0. The molecule has 0 aliphatic heterocycles. The highest BCUT2D eigenvalue weighted by Crippen LogP contribution is 2.49. The van der Waals surface area contributed by atoms with Crippen LogP contribution in [-0.4, -0.2) is 18.6 Å². The van der Waals surface area contributed by atoms with E-state index in [0.29, 0.717) is 5.41 Å². The average Bonchev–Trinajstić information content (AvgIpc) is 3.00. The van der Waals surface area contributed by atoms with E-state index in [-0.39, 0.29) is 0 Å². The monoisotopic (exact) mass is 192 g/mol. The third kappa shape index (κ3) is 1.60. The van der Waals surface area contributed by atoms with Crippen molar-refractivity contribution >= 4 is 0 Å². The molecule has 0 amide bonds. The predicted octanol–water partition coefficient (Wildman–Crippen LogP) is 1.47. The lowest BCUT2D eigenvalue weighted by Gasteiger charge is -2.13. The van der Waals surface area contributed by atoms with Crippen LogP contribution in [0.1, 0.15) is 25.0 Å². The maximum absolute atomic E-state index is 5.60. The number of nitrogens with two attached hydrogens (primary N) is 1. The molecule has 0 saturated heterocycles. The zero-order valence-corrected chi connectivity index (χ0v) is 8.49. The van der Waals surface area contributed by atoms with Gasteiger partial charge in [0.2, 0.25) is 0 Å². The largest absolute Gasteiger partial charge is 0.495 e. The molecule has 14 heavy (non-hydrogen) atoms. The van der Waals surface area contributed by atoms with Gasteiger partial charge in [-0.3, -0.25) is 4.98 Å². The van der Waals surface area contributed by atoms with Gasteiger partial charge in [-0.15, -0.1) is 0 Å². The lowest BCUT2D eigenvalue weighted by atomic mass is 9.97. The van der Waals surface area contributed by atoms with E-state index in [2.05, 4.69) is 11.1 Å². The summed E-state index contributed by atoms with van der Waals surface area (Å²) in [6.07, 6.45) is 5.28. The summed E-state index contributed by atoms with van der Waals surface area (Å²) in [6.45, 7) is 0.744. The van der Waals surface area contributed by atoms with E-state index >= 15 is 0 Å². The van der Waals surface area contributed by atoms with Crippen molar-refractivity contribution in [3.8, 4) is 5.75 Å². The van der Waals surface area contributed by atoms with Crippen molar-refractivity contribution in [3.63, 3.8) is 0 Å². The molecule has 0 aromatic carbocycles. The second kappa shape index (κ2) is 3.58. The molecule has 0 bridgehead atoms. The van der Waals surface area contributed by atoms with Gasteiger partial charge in [0.15, 0.2) is 0 Å². The van der Waals surface area contributed by atoms with E-state index in [1.807, 2.05) is 6.07 Å². The van der Waals surface area contributed by atoms with Crippen LogP contribution in [0, 0.1) is 0 Å². The molecule has 0 spiro atoms.